The Bertz CT molecular complexity index is 458. The van der Waals surface area contributed by atoms with Crippen molar-refractivity contribution in [2.75, 3.05) is 32.4 Å². The molecule has 1 saturated carbocycles. The molecular weight excluding hydrogens is 290 g/mol. The molecule has 0 aromatic heterocycles. The van der Waals surface area contributed by atoms with Gasteiger partial charge < -0.3 is 10.6 Å². The molecule has 0 spiro atoms. The van der Waals surface area contributed by atoms with Crippen LogP contribution in [0.25, 0.3) is 0 Å². The summed E-state index contributed by atoms with van der Waals surface area (Å²) in [6.07, 6.45) is 7.20. The lowest BCUT2D eigenvalue weighted by Crippen LogP contribution is -2.50. The molecule has 0 radical (unpaired) electrons. The second kappa shape index (κ2) is 7.07. The minimum absolute atomic E-state index is 0.155. The molecule has 2 N–H and O–H groups in total. The molecule has 0 bridgehead atoms. The fourth-order valence-electron chi connectivity index (χ4n) is 3.35. The molecule has 6 nitrogen and oxygen atoms in total. The zero-order chi connectivity index (χ0) is 15.5. The second-order valence-corrected chi connectivity index (χ2v) is 8.36. The monoisotopic (exact) mass is 317 g/mol. The second-order valence-electron chi connectivity index (χ2n) is 6.37. The first kappa shape index (κ1) is 16.7. The fraction of sp³-hybridized carbons (Fsp3) is 0.929. The Morgan fingerprint density at radius 1 is 1.19 bits per heavy atom. The van der Waals surface area contributed by atoms with Crippen LogP contribution in [0.3, 0.4) is 0 Å². The third kappa shape index (κ3) is 4.93. The Kier molecular flexibility index (Phi) is 5.62. The van der Waals surface area contributed by atoms with E-state index in [-0.39, 0.29) is 5.91 Å². The Hall–Kier alpha value is -0.660. The van der Waals surface area contributed by atoms with Crippen molar-refractivity contribution in [1.82, 2.24) is 9.21 Å². The quantitative estimate of drug-likeness (QED) is 0.813. The number of carbonyl (C=O) groups excluding carboxylic acids is 1. The summed E-state index contributed by atoms with van der Waals surface area (Å²) >= 11 is 0. The van der Waals surface area contributed by atoms with Crippen molar-refractivity contribution in [3.05, 3.63) is 0 Å². The Morgan fingerprint density at radius 2 is 1.86 bits per heavy atom. The third-order valence-electron chi connectivity index (χ3n) is 4.65. The van der Waals surface area contributed by atoms with Crippen molar-refractivity contribution in [2.24, 2.45) is 11.7 Å². The van der Waals surface area contributed by atoms with E-state index in [9.17, 15) is 13.2 Å². The van der Waals surface area contributed by atoms with Gasteiger partial charge in [0.2, 0.25) is 15.9 Å². The molecule has 2 aliphatic rings. The largest absolute Gasteiger partial charge is 0.340 e. The summed E-state index contributed by atoms with van der Waals surface area (Å²) in [5.41, 5.74) is 5.97. The number of rotatable bonds is 4. The van der Waals surface area contributed by atoms with E-state index in [2.05, 4.69) is 0 Å². The number of hydrogen-bond donors (Lipinski definition) is 1. The number of sulfonamides is 1. The summed E-state index contributed by atoms with van der Waals surface area (Å²) in [7, 11) is -3.13. The maximum atomic E-state index is 12.2. The van der Waals surface area contributed by atoms with E-state index in [1.165, 1.54) is 23.4 Å². The maximum Gasteiger partial charge on any atom is 0.222 e. The molecule has 2 unspecified atom stereocenters. The van der Waals surface area contributed by atoms with Crippen molar-refractivity contribution in [2.45, 2.75) is 44.6 Å². The van der Waals surface area contributed by atoms with E-state index in [0.717, 1.165) is 19.3 Å². The zero-order valence-corrected chi connectivity index (χ0v) is 13.6. The van der Waals surface area contributed by atoms with Gasteiger partial charge in [0.1, 0.15) is 0 Å². The summed E-state index contributed by atoms with van der Waals surface area (Å²) in [5.74, 6) is 0.734. The lowest BCUT2D eigenvalue weighted by atomic mass is 9.83. The minimum atomic E-state index is -3.13. The maximum absolute atomic E-state index is 12.2. The molecule has 1 amide bonds. The van der Waals surface area contributed by atoms with Gasteiger partial charge in [0, 0.05) is 38.6 Å². The Balaban J connectivity index is 1.72. The lowest BCUT2D eigenvalue weighted by molar-refractivity contribution is -0.132. The summed E-state index contributed by atoms with van der Waals surface area (Å²) in [5, 5.41) is 0. The van der Waals surface area contributed by atoms with Gasteiger partial charge in [-0.05, 0) is 25.2 Å². The highest BCUT2D eigenvalue weighted by molar-refractivity contribution is 7.88. The highest BCUT2D eigenvalue weighted by Gasteiger charge is 2.26. The highest BCUT2D eigenvalue weighted by Crippen LogP contribution is 2.27. The van der Waals surface area contributed by atoms with Crippen LogP contribution in [0.5, 0.6) is 0 Å². The normalized spacial score (nSPS) is 28.6. The Morgan fingerprint density at radius 3 is 2.43 bits per heavy atom. The van der Waals surface area contributed by atoms with Crippen LogP contribution in [0.2, 0.25) is 0 Å². The summed E-state index contributed by atoms with van der Waals surface area (Å²) in [4.78, 5) is 14.0. The molecule has 7 heteroatoms. The van der Waals surface area contributed by atoms with Gasteiger partial charge in [0.15, 0.2) is 0 Å². The van der Waals surface area contributed by atoms with E-state index in [0.29, 0.717) is 44.6 Å². The molecule has 0 aromatic rings. The van der Waals surface area contributed by atoms with Crippen molar-refractivity contribution >= 4 is 15.9 Å². The van der Waals surface area contributed by atoms with Gasteiger partial charge in [0.25, 0.3) is 0 Å². The van der Waals surface area contributed by atoms with Crippen molar-refractivity contribution in [3.63, 3.8) is 0 Å². The predicted molar refractivity (Wildman–Crippen MR) is 82.2 cm³/mol. The molecule has 2 atom stereocenters. The lowest BCUT2D eigenvalue weighted by Gasteiger charge is -2.34. The van der Waals surface area contributed by atoms with Crippen LogP contribution in [0.4, 0.5) is 0 Å². The highest BCUT2D eigenvalue weighted by atomic mass is 32.2. The molecule has 21 heavy (non-hydrogen) atoms. The zero-order valence-electron chi connectivity index (χ0n) is 12.8. The van der Waals surface area contributed by atoms with Crippen LogP contribution in [0.15, 0.2) is 0 Å². The van der Waals surface area contributed by atoms with E-state index >= 15 is 0 Å². The number of carbonyl (C=O) groups is 1. The van der Waals surface area contributed by atoms with Gasteiger partial charge in [-0.15, -0.1) is 0 Å². The molecule has 2 fully saturated rings. The van der Waals surface area contributed by atoms with Crippen LogP contribution < -0.4 is 5.73 Å². The van der Waals surface area contributed by atoms with Gasteiger partial charge in [-0.2, -0.15) is 4.31 Å². The average molecular weight is 317 g/mol. The molecule has 1 aliphatic carbocycles. The van der Waals surface area contributed by atoms with Gasteiger partial charge in [-0.3, -0.25) is 4.79 Å². The molecule has 2 rings (SSSR count). The van der Waals surface area contributed by atoms with Gasteiger partial charge in [0.05, 0.1) is 6.26 Å². The number of amides is 1. The molecule has 1 heterocycles. The summed E-state index contributed by atoms with van der Waals surface area (Å²) in [6, 6.07) is 0.303. The van der Waals surface area contributed by atoms with Crippen molar-refractivity contribution in [1.29, 1.82) is 0 Å². The molecule has 1 aliphatic heterocycles. The first-order valence-electron chi connectivity index (χ1n) is 7.84. The summed E-state index contributed by atoms with van der Waals surface area (Å²) < 4.78 is 24.3. The molecule has 1 saturated heterocycles. The number of hydrogen-bond acceptors (Lipinski definition) is 4. The Labute approximate surface area is 127 Å². The van der Waals surface area contributed by atoms with Gasteiger partial charge >= 0.3 is 0 Å². The first-order valence-corrected chi connectivity index (χ1v) is 9.69. The fourth-order valence-corrected chi connectivity index (χ4v) is 4.18. The van der Waals surface area contributed by atoms with Crippen LogP contribution >= 0.6 is 0 Å². The van der Waals surface area contributed by atoms with E-state index < -0.39 is 10.0 Å². The van der Waals surface area contributed by atoms with Gasteiger partial charge in [-0.1, -0.05) is 12.8 Å². The van der Waals surface area contributed by atoms with Crippen molar-refractivity contribution in [3.8, 4) is 0 Å². The smallest absolute Gasteiger partial charge is 0.222 e. The van der Waals surface area contributed by atoms with E-state index in [4.69, 9.17) is 5.73 Å². The predicted octanol–water partition coefficient (Wildman–Crippen LogP) is 0.388. The number of nitrogens with zero attached hydrogens (tertiary/aromatic N) is 2. The van der Waals surface area contributed by atoms with E-state index in [1.807, 2.05) is 0 Å². The topological polar surface area (TPSA) is 83.7 Å². The summed E-state index contributed by atoms with van der Waals surface area (Å²) in [6.45, 7) is 1.85. The molecular formula is C14H27N3O3S. The van der Waals surface area contributed by atoms with E-state index in [1.54, 1.807) is 4.90 Å². The molecule has 0 aromatic carbocycles. The van der Waals surface area contributed by atoms with Crippen molar-refractivity contribution < 1.29 is 13.2 Å². The van der Waals surface area contributed by atoms with Crippen LogP contribution in [0, 0.1) is 5.92 Å². The average Bonchev–Trinajstić information content (AvgIpc) is 2.44. The third-order valence-corrected chi connectivity index (χ3v) is 5.95. The van der Waals surface area contributed by atoms with Crippen LogP contribution in [-0.2, 0) is 14.8 Å². The first-order chi connectivity index (χ1) is 9.86. The molecule has 122 valence electrons. The number of piperazine rings is 1. The standard InChI is InChI=1S/C14H27N3O3S/c1-21(19,20)17-9-7-16(8-10-17)14(18)6-5-12-3-2-4-13(15)11-12/h12-13H,2-11,15H2,1H3. The van der Waals surface area contributed by atoms with Crippen LogP contribution in [0.1, 0.15) is 38.5 Å². The van der Waals surface area contributed by atoms with Crippen LogP contribution in [-0.4, -0.2) is 62.0 Å². The van der Waals surface area contributed by atoms with Gasteiger partial charge in [-0.25, -0.2) is 8.42 Å². The number of nitrogens with two attached hydrogens (primary N) is 1. The minimum Gasteiger partial charge on any atom is -0.340 e. The SMILES string of the molecule is CS(=O)(=O)N1CCN(C(=O)CCC2CCCC(N)C2)CC1.